The molecule has 5 aliphatic rings. The van der Waals surface area contributed by atoms with E-state index in [4.69, 9.17) is 53.7 Å². The molecule has 0 bridgehead atoms. The molecule has 0 aromatic heterocycles. The number of ether oxygens (including phenoxy) is 9. The first-order valence-electron chi connectivity index (χ1n) is 18.5. The molecule has 6 rings (SSSR count). The van der Waals surface area contributed by atoms with Crippen LogP contribution in [0.2, 0.25) is 0 Å². The van der Waals surface area contributed by atoms with Gasteiger partial charge < -0.3 is 73.3 Å². The second kappa shape index (κ2) is 20.7. The van der Waals surface area contributed by atoms with E-state index in [9.17, 15) is 47.2 Å². The van der Waals surface area contributed by atoms with E-state index in [0.717, 1.165) is 0 Å². The maximum absolute atomic E-state index is 11.6. The number of fused-ring (bicyclic) bond motifs is 1. The molecule has 61 heavy (non-hydrogen) atoms. The molecule has 330 valence electrons. The first-order chi connectivity index (χ1) is 29.5. The third-order valence-corrected chi connectivity index (χ3v) is 10.7. The summed E-state index contributed by atoms with van der Waals surface area (Å²) < 4.78 is 52.8. The van der Waals surface area contributed by atoms with Gasteiger partial charge in [0, 0.05) is 30.1 Å². The Bertz CT molecular complexity index is 1910. The molecule has 0 radical (unpaired) electrons. The predicted octanol–water partition coefficient (Wildman–Crippen LogP) is 0.666. The van der Waals surface area contributed by atoms with Crippen LogP contribution in [0, 0.1) is 0 Å². The van der Waals surface area contributed by atoms with E-state index in [1.807, 2.05) is 0 Å². The molecule has 20 atom stereocenters. The first kappa shape index (κ1) is 45.5. The number of nitrogens with zero attached hydrogens (tertiary/aromatic N) is 15. The van der Waals surface area contributed by atoms with Gasteiger partial charge in [0.15, 0.2) is 25.2 Å². The minimum Gasteiger partial charge on any atom is -0.497 e. The highest BCUT2D eigenvalue weighted by Gasteiger charge is 2.56. The summed E-state index contributed by atoms with van der Waals surface area (Å²) in [5.41, 5.74) is 46.9. The quantitative estimate of drug-likeness (QED) is 0.0801. The SMILES string of the molecule is COc1ccc(C2OCC3OC(OC4C(N=[N+]=[N-])C[C@@H](N=[N+]=[N-])C(O)C4O[C@@H]4OC(CO)C(O[C@H]5OC(CN=[N+]=[N-])[C@@H](O)C(O)C5N=[N+]=[N-])C4O)C(N=[N+]=[N-])C(O)C3O2)cc1. The summed E-state index contributed by atoms with van der Waals surface area (Å²) in [4.78, 5) is 13.7. The van der Waals surface area contributed by atoms with Gasteiger partial charge in [0.1, 0.15) is 60.6 Å². The van der Waals surface area contributed by atoms with Crippen molar-refractivity contribution in [2.24, 2.45) is 25.6 Å². The van der Waals surface area contributed by atoms with E-state index in [0.29, 0.717) is 11.3 Å². The fourth-order valence-corrected chi connectivity index (χ4v) is 7.72. The van der Waals surface area contributed by atoms with Gasteiger partial charge in [-0.3, -0.25) is 0 Å². The summed E-state index contributed by atoms with van der Waals surface area (Å²) in [6, 6.07) is 0.893. The molecule has 1 saturated carbocycles. The molecule has 5 fully saturated rings. The molecule has 4 heterocycles. The Kier molecular flexibility index (Phi) is 15.5. The zero-order chi connectivity index (χ0) is 43.8. The van der Waals surface area contributed by atoms with Crippen LogP contribution in [0.4, 0.5) is 0 Å². The third-order valence-electron chi connectivity index (χ3n) is 10.7. The van der Waals surface area contributed by atoms with Gasteiger partial charge in [-0.15, -0.1) is 0 Å². The van der Waals surface area contributed by atoms with E-state index in [1.165, 1.54) is 7.11 Å². The molecule has 1 aliphatic carbocycles. The average Bonchev–Trinajstić information content (AvgIpc) is 3.56. The Labute approximate surface area is 342 Å². The Balaban J connectivity index is 1.25. The summed E-state index contributed by atoms with van der Waals surface area (Å²) in [7, 11) is 1.50. The van der Waals surface area contributed by atoms with Crippen LogP contribution in [0.5, 0.6) is 5.75 Å². The highest BCUT2D eigenvalue weighted by Crippen LogP contribution is 2.40. The normalized spacial score (nSPS) is 41.9. The minimum atomic E-state index is -1.91. The summed E-state index contributed by atoms with van der Waals surface area (Å²) >= 11 is 0. The van der Waals surface area contributed by atoms with Gasteiger partial charge in [-0.05, 0) is 46.2 Å². The maximum Gasteiger partial charge on any atom is 0.187 e. The molecule has 1 aromatic carbocycles. The van der Waals surface area contributed by atoms with Gasteiger partial charge in [0.25, 0.3) is 0 Å². The second-order valence-corrected chi connectivity index (χ2v) is 14.2. The van der Waals surface area contributed by atoms with Gasteiger partial charge in [-0.1, -0.05) is 37.7 Å². The minimum absolute atomic E-state index is 0.160. The Morgan fingerprint density at radius 1 is 0.639 bits per heavy atom. The van der Waals surface area contributed by atoms with Gasteiger partial charge in [-0.2, -0.15) is 0 Å². The Morgan fingerprint density at radius 3 is 1.89 bits per heavy atom. The lowest BCUT2D eigenvalue weighted by Crippen LogP contribution is -2.65. The highest BCUT2D eigenvalue weighted by atomic mass is 16.8. The lowest BCUT2D eigenvalue weighted by Gasteiger charge is -2.49. The number of aliphatic hydroxyl groups excluding tert-OH is 6. The Hall–Kier alpha value is -4.99. The van der Waals surface area contributed by atoms with Crippen molar-refractivity contribution < 1.29 is 73.3 Å². The smallest absolute Gasteiger partial charge is 0.187 e. The zero-order valence-electron chi connectivity index (χ0n) is 31.8. The molecular weight excluding hydrogens is 822 g/mol. The number of benzene rings is 1. The van der Waals surface area contributed by atoms with E-state index < -0.39 is 136 Å². The number of methoxy groups -OCH3 is 1. The number of hydrogen-bond donors (Lipinski definition) is 6. The molecule has 0 amide bonds. The third kappa shape index (κ3) is 9.74. The Morgan fingerprint density at radius 2 is 1.25 bits per heavy atom. The van der Waals surface area contributed by atoms with Crippen LogP contribution in [0.15, 0.2) is 49.8 Å². The van der Waals surface area contributed by atoms with E-state index in [1.54, 1.807) is 24.3 Å². The van der Waals surface area contributed by atoms with E-state index in [-0.39, 0.29) is 13.0 Å². The molecule has 30 nitrogen and oxygen atoms in total. The molecule has 6 N–H and O–H groups in total. The van der Waals surface area contributed by atoms with Gasteiger partial charge in [-0.25, -0.2) is 0 Å². The second-order valence-electron chi connectivity index (χ2n) is 14.2. The maximum atomic E-state index is 11.6. The predicted molar refractivity (Wildman–Crippen MR) is 195 cm³/mol. The van der Waals surface area contributed by atoms with Gasteiger partial charge in [0.05, 0.1) is 69.5 Å². The topological polar surface area (TPSA) is 448 Å². The highest BCUT2D eigenvalue weighted by molar-refractivity contribution is 5.28. The average molecular weight is 864 g/mol. The van der Waals surface area contributed by atoms with Crippen molar-refractivity contribution in [1.29, 1.82) is 0 Å². The van der Waals surface area contributed by atoms with Crippen LogP contribution >= 0.6 is 0 Å². The van der Waals surface area contributed by atoms with Gasteiger partial charge in [0.2, 0.25) is 0 Å². The standard InChI is InChI=1S/C31H41N15O15/c1-53-11-4-2-10(3-5-11)28-54-9-16-26(59-28)22(51)18(41-46-36)30(57-16)58-24-13(39-44-34)6-12(38-43-33)19(48)27(24)61-31-23(52)25(15(8-47)56-31)60-29-17(40-45-35)21(50)20(49)14(55-29)7-37-42-32/h2-5,12-31,47-52H,6-9H2,1H3/t12-,13?,14?,15?,16?,17?,18?,19?,20-,21?,22?,23?,24?,25?,26?,27?,28?,29-,30?,31+/m1/s1. The van der Waals surface area contributed by atoms with Crippen LogP contribution < -0.4 is 4.74 Å². The van der Waals surface area contributed by atoms with Crippen LogP contribution in [-0.4, -0.2) is 174 Å². The summed E-state index contributed by atoms with van der Waals surface area (Å²) in [6.45, 7) is -1.51. The number of hydrogen-bond acceptors (Lipinski definition) is 20. The summed E-state index contributed by atoms with van der Waals surface area (Å²) in [5.74, 6) is 0.576. The summed E-state index contributed by atoms with van der Waals surface area (Å²) in [5, 5.41) is 84.0. The van der Waals surface area contributed by atoms with Crippen molar-refractivity contribution >= 4 is 0 Å². The van der Waals surface area contributed by atoms with Crippen molar-refractivity contribution in [2.75, 3.05) is 26.9 Å². The van der Waals surface area contributed by atoms with Crippen LogP contribution in [0.3, 0.4) is 0 Å². The van der Waals surface area contributed by atoms with Crippen molar-refractivity contribution in [3.63, 3.8) is 0 Å². The van der Waals surface area contributed by atoms with Crippen LogP contribution in [0.25, 0.3) is 52.2 Å². The lowest BCUT2D eigenvalue weighted by atomic mass is 9.84. The number of aliphatic hydroxyl groups is 6. The van der Waals surface area contributed by atoms with E-state index >= 15 is 0 Å². The van der Waals surface area contributed by atoms with Crippen molar-refractivity contribution in [2.45, 2.75) is 129 Å². The molecule has 0 spiro atoms. The molecule has 4 aliphatic heterocycles. The van der Waals surface area contributed by atoms with Crippen LogP contribution in [-0.2, 0) is 37.9 Å². The van der Waals surface area contributed by atoms with Crippen molar-refractivity contribution in [3.8, 4) is 5.75 Å². The first-order valence-corrected chi connectivity index (χ1v) is 18.5. The fourth-order valence-electron chi connectivity index (χ4n) is 7.72. The molecule has 16 unspecified atom stereocenters. The molecule has 4 saturated heterocycles. The number of rotatable bonds is 15. The monoisotopic (exact) mass is 863 g/mol. The number of azide groups is 5. The largest absolute Gasteiger partial charge is 0.497 e. The van der Waals surface area contributed by atoms with E-state index in [2.05, 4.69) is 50.1 Å². The summed E-state index contributed by atoms with van der Waals surface area (Å²) in [6.07, 6.45) is -25.3. The molecule has 1 aromatic rings. The molecular formula is C31H41N15O15. The molecule has 30 heteroatoms. The van der Waals surface area contributed by atoms with Crippen molar-refractivity contribution in [3.05, 3.63) is 82.0 Å². The zero-order valence-corrected chi connectivity index (χ0v) is 31.8. The van der Waals surface area contributed by atoms with Crippen molar-refractivity contribution in [1.82, 2.24) is 0 Å². The fraction of sp³-hybridized carbons (Fsp3) is 0.806. The van der Waals surface area contributed by atoms with Gasteiger partial charge >= 0.3 is 0 Å². The lowest BCUT2D eigenvalue weighted by molar-refractivity contribution is -0.355. The van der Waals surface area contributed by atoms with Crippen LogP contribution in [0.1, 0.15) is 18.3 Å².